The van der Waals surface area contributed by atoms with Crippen LogP contribution in [-0.2, 0) is 22.6 Å². The zero-order valence-corrected chi connectivity index (χ0v) is 23.2. The van der Waals surface area contributed by atoms with Gasteiger partial charge in [0.05, 0.1) is 0 Å². The second-order valence-corrected chi connectivity index (χ2v) is 12.7. The van der Waals surface area contributed by atoms with E-state index >= 15 is 0 Å². The van der Waals surface area contributed by atoms with Gasteiger partial charge in [0.2, 0.25) is 11.8 Å². The smallest absolute Gasteiger partial charge is 0.246 e. The fourth-order valence-electron chi connectivity index (χ4n) is 6.63. The van der Waals surface area contributed by atoms with Crippen LogP contribution in [0.3, 0.4) is 0 Å². The lowest BCUT2D eigenvalue weighted by Crippen LogP contribution is -2.73. The largest absolute Gasteiger partial charge is 0.342 e. The molecule has 3 heterocycles. The summed E-state index contributed by atoms with van der Waals surface area (Å²) in [4.78, 5) is 34.7. The zero-order chi connectivity index (χ0) is 25.7. The van der Waals surface area contributed by atoms with Crippen molar-refractivity contribution in [3.05, 3.63) is 57.8 Å². The Labute approximate surface area is 226 Å². The molecule has 1 saturated carbocycles. The Bertz CT molecular complexity index is 1040. The molecule has 5 nitrogen and oxygen atoms in total. The molecule has 0 bridgehead atoms. The molecule has 1 aromatic carbocycles. The molecule has 3 aliphatic rings. The first-order chi connectivity index (χ1) is 18.1. The second-order valence-electron chi connectivity index (χ2n) is 11.4. The van der Waals surface area contributed by atoms with E-state index in [1.165, 1.54) is 47.4 Å². The van der Waals surface area contributed by atoms with Crippen molar-refractivity contribution in [1.29, 1.82) is 0 Å². The van der Waals surface area contributed by atoms with Crippen LogP contribution >= 0.6 is 11.3 Å². The summed E-state index contributed by atoms with van der Waals surface area (Å²) in [5.74, 6) is 0.852. The monoisotopic (exact) mass is 521 g/mol. The SMILES string of the molecule is CCCCN1C(=O)C(CC2CCCCC2)NC(=O)C12CCN(Cc1ccc(Cc3ccccc3)s1)CC2. The second kappa shape index (κ2) is 12.1. The highest BCUT2D eigenvalue weighted by Gasteiger charge is 2.53. The molecule has 37 heavy (non-hydrogen) atoms. The molecule has 1 aromatic heterocycles. The number of rotatable bonds is 9. The van der Waals surface area contributed by atoms with Gasteiger partial charge in [-0.05, 0) is 49.3 Å². The maximum atomic E-state index is 13.7. The number of hydrogen-bond donors (Lipinski definition) is 1. The Kier molecular flexibility index (Phi) is 8.66. The Hall–Kier alpha value is -2.18. The van der Waals surface area contributed by atoms with E-state index in [-0.39, 0.29) is 17.9 Å². The topological polar surface area (TPSA) is 52.7 Å². The van der Waals surface area contributed by atoms with E-state index in [1.807, 2.05) is 16.2 Å². The minimum absolute atomic E-state index is 0.102. The van der Waals surface area contributed by atoms with Crippen molar-refractivity contribution < 1.29 is 9.59 Å². The Morgan fingerprint density at radius 2 is 1.70 bits per heavy atom. The molecule has 6 heteroatoms. The molecule has 200 valence electrons. The summed E-state index contributed by atoms with van der Waals surface area (Å²) < 4.78 is 0. The van der Waals surface area contributed by atoms with Gasteiger partial charge in [0.25, 0.3) is 0 Å². The van der Waals surface area contributed by atoms with Gasteiger partial charge < -0.3 is 10.2 Å². The van der Waals surface area contributed by atoms with Gasteiger partial charge in [0.1, 0.15) is 11.6 Å². The van der Waals surface area contributed by atoms with Crippen molar-refractivity contribution in [2.75, 3.05) is 19.6 Å². The van der Waals surface area contributed by atoms with E-state index < -0.39 is 5.54 Å². The Morgan fingerprint density at radius 1 is 0.973 bits per heavy atom. The number of carbonyl (C=O) groups excluding carboxylic acids is 2. The van der Waals surface area contributed by atoms with Crippen LogP contribution in [0, 0.1) is 5.92 Å². The summed E-state index contributed by atoms with van der Waals surface area (Å²) >= 11 is 1.89. The number of carbonyl (C=O) groups is 2. The lowest BCUT2D eigenvalue weighted by molar-refractivity contribution is -0.162. The van der Waals surface area contributed by atoms with Crippen LogP contribution < -0.4 is 5.32 Å². The zero-order valence-electron chi connectivity index (χ0n) is 22.4. The number of nitrogens with zero attached hydrogens (tertiary/aromatic N) is 2. The molecular formula is C31H43N3O2S. The lowest BCUT2D eigenvalue weighted by Gasteiger charge is -2.52. The molecule has 3 fully saturated rings. The Morgan fingerprint density at radius 3 is 2.43 bits per heavy atom. The molecule has 2 amide bonds. The number of piperidine rings is 1. The fourth-order valence-corrected chi connectivity index (χ4v) is 7.72. The van der Waals surface area contributed by atoms with Crippen molar-refractivity contribution in [3.8, 4) is 0 Å². The number of amides is 2. The fraction of sp³-hybridized carbons (Fsp3) is 0.613. The van der Waals surface area contributed by atoms with Gasteiger partial charge in [0, 0.05) is 42.4 Å². The van der Waals surface area contributed by atoms with E-state index in [2.05, 4.69) is 59.6 Å². The van der Waals surface area contributed by atoms with E-state index in [1.54, 1.807) is 0 Å². The predicted octanol–water partition coefficient (Wildman–Crippen LogP) is 5.77. The molecule has 1 atom stereocenters. The number of unbranched alkanes of at least 4 members (excludes halogenated alkanes) is 1. The van der Waals surface area contributed by atoms with Crippen LogP contribution in [0.15, 0.2) is 42.5 Å². The number of nitrogens with one attached hydrogen (secondary N) is 1. The summed E-state index contributed by atoms with van der Waals surface area (Å²) in [5.41, 5.74) is 0.678. The number of benzene rings is 1. The van der Waals surface area contributed by atoms with E-state index in [0.717, 1.165) is 58.2 Å². The van der Waals surface area contributed by atoms with Crippen LogP contribution in [0.5, 0.6) is 0 Å². The molecule has 1 N–H and O–H groups in total. The molecule has 2 saturated heterocycles. The average Bonchev–Trinajstić information content (AvgIpc) is 3.36. The van der Waals surface area contributed by atoms with Crippen LogP contribution in [0.4, 0.5) is 0 Å². The molecule has 0 radical (unpaired) electrons. The molecule has 1 aliphatic carbocycles. The van der Waals surface area contributed by atoms with Gasteiger partial charge in [-0.25, -0.2) is 0 Å². The molecule has 1 unspecified atom stereocenters. The number of hydrogen-bond acceptors (Lipinski definition) is 4. The third-order valence-electron chi connectivity index (χ3n) is 8.84. The first kappa shape index (κ1) is 26.4. The molecule has 1 spiro atoms. The van der Waals surface area contributed by atoms with Gasteiger partial charge in [0.15, 0.2) is 0 Å². The van der Waals surface area contributed by atoms with E-state index in [4.69, 9.17) is 0 Å². The normalized spacial score (nSPS) is 22.9. The first-order valence-corrected chi connectivity index (χ1v) is 15.4. The maximum absolute atomic E-state index is 13.7. The van der Waals surface area contributed by atoms with Crippen molar-refractivity contribution >= 4 is 23.2 Å². The summed E-state index contributed by atoms with van der Waals surface area (Å²) in [5, 5.41) is 3.22. The molecule has 2 aliphatic heterocycles. The van der Waals surface area contributed by atoms with E-state index in [0.29, 0.717) is 12.5 Å². The van der Waals surface area contributed by atoms with Gasteiger partial charge in [-0.2, -0.15) is 0 Å². The van der Waals surface area contributed by atoms with Crippen LogP contribution in [0.25, 0.3) is 0 Å². The van der Waals surface area contributed by atoms with Crippen LogP contribution in [0.2, 0.25) is 0 Å². The van der Waals surface area contributed by atoms with Crippen molar-refractivity contribution in [2.24, 2.45) is 5.92 Å². The molecule has 5 rings (SSSR count). The highest BCUT2D eigenvalue weighted by atomic mass is 32.1. The summed E-state index contributed by atoms with van der Waals surface area (Å²) in [6, 6.07) is 14.8. The summed E-state index contributed by atoms with van der Waals surface area (Å²) in [6.07, 6.45) is 11.5. The van der Waals surface area contributed by atoms with Gasteiger partial charge in [-0.15, -0.1) is 11.3 Å². The molecular weight excluding hydrogens is 478 g/mol. The number of likely N-dealkylation sites (tertiary alicyclic amines) is 1. The van der Waals surface area contributed by atoms with Crippen molar-refractivity contribution in [2.45, 2.75) is 95.7 Å². The highest BCUT2D eigenvalue weighted by molar-refractivity contribution is 7.12. The minimum atomic E-state index is -0.667. The van der Waals surface area contributed by atoms with Gasteiger partial charge in [-0.3, -0.25) is 14.5 Å². The summed E-state index contributed by atoms with van der Waals surface area (Å²) in [7, 11) is 0. The van der Waals surface area contributed by atoms with Gasteiger partial charge in [-0.1, -0.05) is 75.8 Å². The standard InChI is InChI=1S/C31H43N3O2S/c1-2-3-18-34-29(35)28(22-25-12-8-5-9-13-25)32-30(36)31(34)16-19-33(20-17-31)23-27-15-14-26(37-27)21-24-10-6-4-7-11-24/h4,6-7,10-11,14-15,25,28H,2-3,5,8-9,12-13,16-23H2,1H3,(H,32,36). The molecule has 2 aromatic rings. The summed E-state index contributed by atoms with van der Waals surface area (Å²) in [6.45, 7) is 5.49. The Balaban J connectivity index is 1.21. The number of piperazine rings is 1. The number of thiophene rings is 1. The third kappa shape index (κ3) is 6.12. The van der Waals surface area contributed by atoms with E-state index in [9.17, 15) is 9.59 Å². The van der Waals surface area contributed by atoms with Crippen LogP contribution in [-0.4, -0.2) is 52.8 Å². The third-order valence-corrected chi connectivity index (χ3v) is 9.91. The van der Waals surface area contributed by atoms with Crippen molar-refractivity contribution in [1.82, 2.24) is 15.1 Å². The predicted molar refractivity (Wildman–Crippen MR) is 151 cm³/mol. The first-order valence-electron chi connectivity index (χ1n) is 14.5. The average molecular weight is 522 g/mol. The maximum Gasteiger partial charge on any atom is 0.246 e. The quantitative estimate of drug-likeness (QED) is 0.456. The highest BCUT2D eigenvalue weighted by Crippen LogP contribution is 2.36. The minimum Gasteiger partial charge on any atom is -0.342 e. The van der Waals surface area contributed by atoms with Gasteiger partial charge >= 0.3 is 0 Å². The van der Waals surface area contributed by atoms with Crippen molar-refractivity contribution in [3.63, 3.8) is 0 Å². The lowest BCUT2D eigenvalue weighted by atomic mass is 9.79. The van der Waals surface area contributed by atoms with Crippen LogP contribution in [0.1, 0.15) is 86.4 Å².